The van der Waals surface area contributed by atoms with Gasteiger partial charge in [0.2, 0.25) is 11.7 Å². The van der Waals surface area contributed by atoms with Gasteiger partial charge in [-0.05, 0) is 25.1 Å². The molecule has 170 valence electrons. The van der Waals surface area contributed by atoms with Crippen LogP contribution in [0.25, 0.3) is 17.0 Å². The fourth-order valence-electron chi connectivity index (χ4n) is 3.04. The zero-order valence-electron chi connectivity index (χ0n) is 17.5. The molecule has 0 saturated carbocycles. The lowest BCUT2D eigenvalue weighted by Gasteiger charge is -2.22. The van der Waals surface area contributed by atoms with E-state index in [1.807, 2.05) is 30.3 Å². The lowest BCUT2D eigenvalue weighted by molar-refractivity contribution is -0.116. The highest BCUT2D eigenvalue weighted by atomic mass is 35.5. The van der Waals surface area contributed by atoms with E-state index in [1.54, 1.807) is 12.1 Å². The minimum atomic E-state index is -4.12. The number of carbonyl (C=O) groups is 1. The maximum Gasteiger partial charge on any atom is 0.344 e. The van der Waals surface area contributed by atoms with Gasteiger partial charge in [0.25, 0.3) is 5.89 Å². The van der Waals surface area contributed by atoms with Crippen molar-refractivity contribution in [3.05, 3.63) is 65.6 Å². The molecule has 2 aromatic carbocycles. The molecular weight excluding hydrogens is 470 g/mol. The molecule has 0 spiro atoms. The van der Waals surface area contributed by atoms with Crippen molar-refractivity contribution in [2.75, 3.05) is 19.0 Å². The number of ether oxygens (including phenoxy) is 1. The third-order valence-corrected chi connectivity index (χ3v) is 6.26. The van der Waals surface area contributed by atoms with Crippen molar-refractivity contribution in [2.45, 2.75) is 6.92 Å². The van der Waals surface area contributed by atoms with Gasteiger partial charge in [-0.2, -0.15) is 13.4 Å². The minimum Gasteiger partial charge on any atom is -0.495 e. The highest BCUT2D eigenvalue weighted by Crippen LogP contribution is 2.28. The number of aromatic nitrogens is 2. The number of nitrogens with one attached hydrogen (secondary N) is 1. The van der Waals surface area contributed by atoms with Crippen LogP contribution in [0.15, 0.2) is 63.7 Å². The number of hydrogen-bond donors (Lipinski definition) is 1. The Balaban J connectivity index is 1.56. The molecule has 1 aromatic heterocycles. The summed E-state index contributed by atoms with van der Waals surface area (Å²) in [6, 6.07) is 13.8. The van der Waals surface area contributed by atoms with Gasteiger partial charge < -0.3 is 14.6 Å². The molecule has 0 atom stereocenters. The zero-order valence-corrected chi connectivity index (χ0v) is 19.1. The molecule has 1 amide bonds. The van der Waals surface area contributed by atoms with E-state index in [9.17, 15) is 13.2 Å². The monoisotopic (exact) mass is 487 g/mol. The van der Waals surface area contributed by atoms with E-state index in [-0.39, 0.29) is 11.6 Å². The van der Waals surface area contributed by atoms with Crippen molar-refractivity contribution in [1.29, 1.82) is 0 Å². The first-order valence-corrected chi connectivity index (χ1v) is 11.4. The number of allylic oxidation sites excluding steroid dienone is 1. The molecule has 1 aliphatic heterocycles. The minimum absolute atomic E-state index is 0.0809. The third kappa shape index (κ3) is 4.89. The molecule has 33 heavy (non-hydrogen) atoms. The number of rotatable bonds is 6. The van der Waals surface area contributed by atoms with Crippen LogP contribution in [0.4, 0.5) is 5.69 Å². The van der Waals surface area contributed by atoms with E-state index >= 15 is 0 Å². The van der Waals surface area contributed by atoms with Crippen LogP contribution in [0.2, 0.25) is 5.02 Å². The van der Waals surface area contributed by atoms with Crippen molar-refractivity contribution < 1.29 is 22.5 Å². The van der Waals surface area contributed by atoms with Crippen molar-refractivity contribution in [3.8, 4) is 17.1 Å². The van der Waals surface area contributed by atoms with Crippen molar-refractivity contribution in [2.24, 2.45) is 4.40 Å². The molecule has 0 bridgehead atoms. The lowest BCUT2D eigenvalue weighted by Crippen LogP contribution is -2.36. The Labute approximate surface area is 194 Å². The molecule has 0 unspecified atom stereocenters. The summed E-state index contributed by atoms with van der Waals surface area (Å²) in [5.41, 5.74) is 1.57. The third-order valence-electron chi connectivity index (χ3n) is 4.63. The number of anilines is 1. The Bertz CT molecular complexity index is 1370. The Kier molecular flexibility index (Phi) is 6.16. The molecule has 0 radical (unpaired) electrons. The molecule has 10 nitrogen and oxygen atoms in total. The normalized spacial score (nSPS) is 14.9. The van der Waals surface area contributed by atoms with E-state index in [4.69, 9.17) is 20.9 Å². The summed E-state index contributed by atoms with van der Waals surface area (Å²) < 4.78 is 40.0. The number of amides is 1. The van der Waals surface area contributed by atoms with Crippen LogP contribution in [0.5, 0.6) is 5.75 Å². The largest absolute Gasteiger partial charge is 0.495 e. The Hall–Kier alpha value is -3.70. The molecule has 0 aliphatic carbocycles. The predicted molar refractivity (Wildman–Crippen MR) is 123 cm³/mol. The van der Waals surface area contributed by atoms with Gasteiger partial charge in [0.05, 0.1) is 23.4 Å². The summed E-state index contributed by atoms with van der Waals surface area (Å²) in [4.78, 5) is 16.9. The fraction of sp³-hybridized carbons (Fsp3) is 0.143. The summed E-state index contributed by atoms with van der Waals surface area (Å²) in [5, 5.41) is 6.84. The van der Waals surface area contributed by atoms with Crippen LogP contribution in [0.3, 0.4) is 0 Å². The van der Waals surface area contributed by atoms with Crippen molar-refractivity contribution in [3.63, 3.8) is 0 Å². The zero-order chi connectivity index (χ0) is 23.6. The summed E-state index contributed by atoms with van der Waals surface area (Å²) in [6.45, 7) is 0.985. The van der Waals surface area contributed by atoms with E-state index in [1.165, 1.54) is 26.3 Å². The van der Waals surface area contributed by atoms with Crippen LogP contribution in [-0.4, -0.2) is 48.1 Å². The molecule has 4 rings (SSSR count). The van der Waals surface area contributed by atoms with Crippen LogP contribution >= 0.6 is 11.6 Å². The van der Waals surface area contributed by atoms with Gasteiger partial charge in [-0.25, -0.2) is 4.31 Å². The fourth-order valence-corrected chi connectivity index (χ4v) is 4.37. The molecule has 3 aromatic rings. The van der Waals surface area contributed by atoms with Gasteiger partial charge in [0, 0.05) is 17.5 Å². The Morgan fingerprint density at radius 3 is 2.67 bits per heavy atom. The number of nitrogens with zero attached hydrogens (tertiary/aromatic N) is 4. The van der Waals surface area contributed by atoms with Gasteiger partial charge in [-0.15, -0.1) is 4.40 Å². The first-order valence-electron chi connectivity index (χ1n) is 9.60. The first kappa shape index (κ1) is 22.5. The standard InChI is InChI=1S/C21H18ClN5O5S/c1-13-16(21-24-20(25-32-21)14-6-4-3-5-7-14)11-27(33(29,30)26-13)12-19(28)23-15-8-9-18(31-2)17(22)10-15/h3-11H,12H2,1-2H3,(H,23,28). The Morgan fingerprint density at radius 2 is 1.97 bits per heavy atom. The number of benzene rings is 2. The summed E-state index contributed by atoms with van der Waals surface area (Å²) >= 11 is 6.07. The predicted octanol–water partition coefficient (Wildman–Crippen LogP) is 3.40. The summed E-state index contributed by atoms with van der Waals surface area (Å²) in [7, 11) is -2.65. The smallest absolute Gasteiger partial charge is 0.344 e. The average molecular weight is 488 g/mol. The van der Waals surface area contributed by atoms with Gasteiger partial charge >= 0.3 is 10.2 Å². The number of carbonyl (C=O) groups excluding carboxylic acids is 1. The molecule has 0 saturated heterocycles. The molecule has 1 N–H and O–H groups in total. The molecule has 12 heteroatoms. The SMILES string of the molecule is COc1ccc(NC(=O)CN2C=C(c3nc(-c4ccccc4)no3)C(C)=NS2(=O)=O)cc1Cl. The van der Waals surface area contributed by atoms with Gasteiger partial charge in [-0.3, -0.25) is 4.79 Å². The second-order valence-corrected chi connectivity index (χ2v) is 8.88. The quantitative estimate of drug-likeness (QED) is 0.564. The second kappa shape index (κ2) is 9.04. The number of methoxy groups -OCH3 is 1. The maximum absolute atomic E-state index is 12.5. The van der Waals surface area contributed by atoms with E-state index in [0.717, 1.165) is 9.87 Å². The van der Waals surface area contributed by atoms with E-state index in [0.29, 0.717) is 27.9 Å². The highest BCUT2D eigenvalue weighted by Gasteiger charge is 2.30. The van der Waals surface area contributed by atoms with Crippen LogP contribution in [0.1, 0.15) is 12.8 Å². The Morgan fingerprint density at radius 1 is 1.21 bits per heavy atom. The summed E-state index contributed by atoms with van der Waals surface area (Å²) in [5.74, 6) is 0.270. The summed E-state index contributed by atoms with van der Waals surface area (Å²) in [6.07, 6.45) is 1.25. The van der Waals surface area contributed by atoms with E-state index in [2.05, 4.69) is 19.9 Å². The van der Waals surface area contributed by atoms with E-state index < -0.39 is 22.7 Å². The number of halogens is 1. The van der Waals surface area contributed by atoms with Gasteiger partial charge in [-0.1, -0.05) is 47.1 Å². The van der Waals surface area contributed by atoms with Crippen LogP contribution in [0, 0.1) is 0 Å². The van der Waals surface area contributed by atoms with Gasteiger partial charge in [0.15, 0.2) is 0 Å². The first-order chi connectivity index (χ1) is 15.8. The molecule has 1 aliphatic rings. The van der Waals surface area contributed by atoms with Crippen LogP contribution < -0.4 is 10.1 Å². The number of hydrogen-bond acceptors (Lipinski definition) is 7. The topological polar surface area (TPSA) is 127 Å². The highest BCUT2D eigenvalue weighted by molar-refractivity contribution is 7.88. The van der Waals surface area contributed by atoms with Crippen LogP contribution in [-0.2, 0) is 15.0 Å². The lowest BCUT2D eigenvalue weighted by atomic mass is 10.2. The maximum atomic E-state index is 12.5. The average Bonchev–Trinajstić information content (AvgIpc) is 3.26. The van der Waals surface area contributed by atoms with Crippen molar-refractivity contribution >= 4 is 44.7 Å². The molecule has 2 heterocycles. The van der Waals surface area contributed by atoms with Crippen molar-refractivity contribution in [1.82, 2.24) is 14.4 Å². The molecule has 0 fully saturated rings. The van der Waals surface area contributed by atoms with Gasteiger partial charge in [0.1, 0.15) is 12.3 Å². The molecular formula is C21H18ClN5O5S. The second-order valence-electron chi connectivity index (χ2n) is 6.93.